The number of hydrogen-bond donors (Lipinski definition) is 1. The molecule has 0 saturated carbocycles. The van der Waals surface area contributed by atoms with E-state index >= 15 is 0 Å². The molecule has 0 aromatic carbocycles. The van der Waals surface area contributed by atoms with E-state index in [1.165, 1.54) is 31.2 Å². The van der Waals surface area contributed by atoms with Crippen LogP contribution in [-0.4, -0.2) is 47.3 Å². The van der Waals surface area contributed by atoms with E-state index < -0.39 is 0 Å². The summed E-state index contributed by atoms with van der Waals surface area (Å²) < 4.78 is 1.88. The van der Waals surface area contributed by atoms with Gasteiger partial charge in [0.2, 0.25) is 0 Å². The lowest BCUT2D eigenvalue weighted by atomic mass is 10.0. The van der Waals surface area contributed by atoms with Gasteiger partial charge in [0, 0.05) is 45.8 Å². The number of nitrogens with one attached hydrogen (secondary N) is 1. The van der Waals surface area contributed by atoms with E-state index in [2.05, 4.69) is 33.4 Å². The number of unbranched alkanes of at least 4 members (excludes halogenated alkanes) is 2. The number of hydrogen-bond acceptors (Lipinski definition) is 2. The van der Waals surface area contributed by atoms with Gasteiger partial charge in [0.1, 0.15) is 0 Å². The molecular weight excluding hydrogens is 250 g/mol. The van der Waals surface area contributed by atoms with Gasteiger partial charge in [-0.25, -0.2) is 0 Å². The average Bonchev–Trinajstić information content (AvgIpc) is 3.08. The Balaban J connectivity index is 1.84. The van der Waals surface area contributed by atoms with Gasteiger partial charge in [-0.1, -0.05) is 19.8 Å². The van der Waals surface area contributed by atoms with Gasteiger partial charge in [-0.2, -0.15) is 5.10 Å². The maximum Gasteiger partial charge on any atom is 0.193 e. The second-order valence-electron chi connectivity index (χ2n) is 5.56. The van der Waals surface area contributed by atoms with Crippen LogP contribution in [0.2, 0.25) is 0 Å². The summed E-state index contributed by atoms with van der Waals surface area (Å²) in [5.41, 5.74) is 1.34. The standard InChI is InChI=1S/C15H27N5/c1-4-5-6-8-17-15(16-2)20-9-7-13(12-20)14-10-18-19(3)11-14/h10-11,13H,4-9,12H2,1-3H3,(H,16,17). The largest absolute Gasteiger partial charge is 0.356 e. The fourth-order valence-electron chi connectivity index (χ4n) is 2.78. The summed E-state index contributed by atoms with van der Waals surface area (Å²) in [7, 11) is 3.85. The van der Waals surface area contributed by atoms with Crippen LogP contribution in [0.3, 0.4) is 0 Å². The van der Waals surface area contributed by atoms with Gasteiger partial charge in [0.05, 0.1) is 6.20 Å². The summed E-state index contributed by atoms with van der Waals surface area (Å²) in [4.78, 5) is 6.78. The van der Waals surface area contributed by atoms with Gasteiger partial charge in [0.25, 0.3) is 0 Å². The second-order valence-corrected chi connectivity index (χ2v) is 5.56. The van der Waals surface area contributed by atoms with Crippen molar-refractivity contribution in [3.63, 3.8) is 0 Å². The molecule has 0 spiro atoms. The number of likely N-dealkylation sites (tertiary alicyclic amines) is 1. The predicted octanol–water partition coefficient (Wildman–Crippen LogP) is 1.97. The molecule has 0 bridgehead atoms. The van der Waals surface area contributed by atoms with Crippen molar-refractivity contribution in [2.75, 3.05) is 26.7 Å². The molecule has 2 heterocycles. The summed E-state index contributed by atoms with van der Waals surface area (Å²) in [5.74, 6) is 1.63. The molecule has 1 fully saturated rings. The summed E-state index contributed by atoms with van der Waals surface area (Å²) >= 11 is 0. The SMILES string of the molecule is CCCCCNC(=NC)N1CCC(c2cnn(C)c2)C1. The fourth-order valence-corrected chi connectivity index (χ4v) is 2.78. The third-order valence-electron chi connectivity index (χ3n) is 3.96. The summed E-state index contributed by atoms with van der Waals surface area (Å²) in [6, 6.07) is 0. The molecule has 1 N–H and O–H groups in total. The van der Waals surface area contributed by atoms with Gasteiger partial charge in [0.15, 0.2) is 5.96 Å². The van der Waals surface area contributed by atoms with E-state index in [4.69, 9.17) is 0 Å². The highest BCUT2D eigenvalue weighted by molar-refractivity contribution is 5.80. The highest BCUT2D eigenvalue weighted by atomic mass is 15.3. The lowest BCUT2D eigenvalue weighted by Crippen LogP contribution is -2.40. The van der Waals surface area contributed by atoms with Crippen molar-refractivity contribution >= 4 is 5.96 Å². The fraction of sp³-hybridized carbons (Fsp3) is 0.733. The quantitative estimate of drug-likeness (QED) is 0.508. The van der Waals surface area contributed by atoms with Crippen molar-refractivity contribution in [1.29, 1.82) is 0 Å². The number of nitrogens with zero attached hydrogens (tertiary/aromatic N) is 4. The molecule has 0 radical (unpaired) electrons. The minimum atomic E-state index is 0.581. The Morgan fingerprint density at radius 3 is 3.00 bits per heavy atom. The van der Waals surface area contributed by atoms with Crippen molar-refractivity contribution < 1.29 is 0 Å². The molecule has 1 aromatic heterocycles. The summed E-state index contributed by atoms with van der Waals surface area (Å²) in [6.07, 6.45) is 9.06. The van der Waals surface area contributed by atoms with Crippen LogP contribution in [-0.2, 0) is 7.05 Å². The topological polar surface area (TPSA) is 45.5 Å². The molecule has 112 valence electrons. The van der Waals surface area contributed by atoms with E-state index in [0.717, 1.165) is 25.6 Å². The van der Waals surface area contributed by atoms with Gasteiger partial charge in [-0.05, 0) is 18.4 Å². The molecule has 5 nitrogen and oxygen atoms in total. The number of aliphatic imine (C=N–C) groups is 1. The molecule has 1 aliphatic rings. The molecule has 1 unspecified atom stereocenters. The first-order valence-corrected chi connectivity index (χ1v) is 7.68. The molecule has 0 aliphatic carbocycles. The first-order chi connectivity index (χ1) is 9.74. The molecule has 1 aromatic rings. The van der Waals surface area contributed by atoms with Crippen molar-refractivity contribution in [2.24, 2.45) is 12.0 Å². The van der Waals surface area contributed by atoms with E-state index in [1.54, 1.807) is 0 Å². The molecule has 5 heteroatoms. The lowest BCUT2D eigenvalue weighted by molar-refractivity contribution is 0.483. The summed E-state index contributed by atoms with van der Waals surface area (Å²) in [5, 5.41) is 7.75. The van der Waals surface area contributed by atoms with Crippen LogP contribution in [0, 0.1) is 0 Å². The van der Waals surface area contributed by atoms with E-state index in [0.29, 0.717) is 5.92 Å². The van der Waals surface area contributed by atoms with E-state index in [9.17, 15) is 0 Å². The Kier molecular flexibility index (Phi) is 5.44. The van der Waals surface area contributed by atoms with E-state index in [-0.39, 0.29) is 0 Å². The van der Waals surface area contributed by atoms with Crippen LogP contribution in [0.4, 0.5) is 0 Å². The lowest BCUT2D eigenvalue weighted by Gasteiger charge is -2.21. The Labute approximate surface area is 122 Å². The third-order valence-corrected chi connectivity index (χ3v) is 3.96. The van der Waals surface area contributed by atoms with Crippen LogP contribution in [0.15, 0.2) is 17.4 Å². The van der Waals surface area contributed by atoms with Crippen molar-refractivity contribution in [3.05, 3.63) is 18.0 Å². The normalized spacial score (nSPS) is 19.6. The van der Waals surface area contributed by atoms with Gasteiger partial charge in [-0.15, -0.1) is 0 Å². The summed E-state index contributed by atoms with van der Waals surface area (Å²) in [6.45, 7) is 5.37. The molecular formula is C15H27N5. The molecule has 1 saturated heterocycles. The molecule has 1 atom stereocenters. The number of guanidine groups is 1. The Bertz CT molecular complexity index is 437. The Morgan fingerprint density at radius 2 is 2.35 bits per heavy atom. The van der Waals surface area contributed by atoms with Crippen molar-refractivity contribution in [1.82, 2.24) is 20.0 Å². The first kappa shape index (κ1) is 14.9. The second kappa shape index (κ2) is 7.31. The molecule has 20 heavy (non-hydrogen) atoms. The maximum absolute atomic E-state index is 4.41. The zero-order chi connectivity index (χ0) is 14.4. The highest BCUT2D eigenvalue weighted by Crippen LogP contribution is 2.26. The van der Waals surface area contributed by atoms with Crippen molar-refractivity contribution in [2.45, 2.75) is 38.5 Å². The molecule has 1 aliphatic heterocycles. The first-order valence-electron chi connectivity index (χ1n) is 7.68. The number of aromatic nitrogens is 2. The number of rotatable bonds is 5. The van der Waals surface area contributed by atoms with Gasteiger partial charge >= 0.3 is 0 Å². The minimum absolute atomic E-state index is 0.581. The number of aryl methyl sites for hydroxylation is 1. The van der Waals surface area contributed by atoms with E-state index in [1.807, 2.05) is 25.0 Å². The van der Waals surface area contributed by atoms with Crippen LogP contribution in [0.5, 0.6) is 0 Å². The maximum atomic E-state index is 4.41. The predicted molar refractivity (Wildman–Crippen MR) is 83.0 cm³/mol. The zero-order valence-corrected chi connectivity index (χ0v) is 13.0. The van der Waals surface area contributed by atoms with Crippen LogP contribution in [0.1, 0.15) is 44.1 Å². The van der Waals surface area contributed by atoms with Gasteiger partial charge < -0.3 is 10.2 Å². The Morgan fingerprint density at radius 1 is 1.50 bits per heavy atom. The third kappa shape index (κ3) is 3.74. The molecule has 0 amide bonds. The average molecular weight is 277 g/mol. The Hall–Kier alpha value is -1.52. The van der Waals surface area contributed by atoms with Gasteiger partial charge in [-0.3, -0.25) is 9.67 Å². The smallest absolute Gasteiger partial charge is 0.193 e. The van der Waals surface area contributed by atoms with Crippen molar-refractivity contribution in [3.8, 4) is 0 Å². The van der Waals surface area contributed by atoms with Crippen LogP contribution in [0.25, 0.3) is 0 Å². The highest BCUT2D eigenvalue weighted by Gasteiger charge is 2.26. The van der Waals surface area contributed by atoms with Crippen LogP contribution >= 0.6 is 0 Å². The molecule has 2 rings (SSSR count). The minimum Gasteiger partial charge on any atom is -0.356 e. The van der Waals surface area contributed by atoms with Crippen LogP contribution < -0.4 is 5.32 Å². The zero-order valence-electron chi connectivity index (χ0n) is 13.0. The monoisotopic (exact) mass is 277 g/mol.